The summed E-state index contributed by atoms with van der Waals surface area (Å²) in [5.41, 5.74) is 0.625. The van der Waals surface area contributed by atoms with E-state index in [1.807, 2.05) is 13.8 Å². The first-order valence-electron chi connectivity index (χ1n) is 5.44. The van der Waals surface area contributed by atoms with Crippen LogP contribution >= 0.6 is 0 Å². The van der Waals surface area contributed by atoms with E-state index in [4.69, 9.17) is 0 Å². The lowest BCUT2D eigenvalue weighted by Crippen LogP contribution is -2.50. The van der Waals surface area contributed by atoms with Crippen LogP contribution in [0.2, 0.25) is 0 Å². The Morgan fingerprint density at radius 1 is 0.923 bits per heavy atom. The maximum absolute atomic E-state index is 2.40. The van der Waals surface area contributed by atoms with Crippen LogP contribution in [-0.2, 0) is 0 Å². The molecule has 0 aliphatic heterocycles. The smallest absolute Gasteiger partial charge is 0.0198 e. The van der Waals surface area contributed by atoms with E-state index in [1.54, 1.807) is 0 Å². The van der Waals surface area contributed by atoms with E-state index < -0.39 is 0 Å². The van der Waals surface area contributed by atoms with Gasteiger partial charge in [-0.25, -0.2) is 0 Å². The van der Waals surface area contributed by atoms with Crippen molar-refractivity contribution in [3.05, 3.63) is 0 Å². The van der Waals surface area contributed by atoms with Gasteiger partial charge in [0, 0.05) is 5.54 Å². The fourth-order valence-corrected chi connectivity index (χ4v) is 0.968. The van der Waals surface area contributed by atoms with Gasteiger partial charge < -0.3 is 4.90 Å². The number of hydrogen-bond acceptors (Lipinski definition) is 1. The Kier molecular flexibility index (Phi) is 6.70. The minimum absolute atomic E-state index is 0.280. The van der Waals surface area contributed by atoms with Gasteiger partial charge in [-0.2, -0.15) is 0 Å². The molecule has 0 aliphatic carbocycles. The summed E-state index contributed by atoms with van der Waals surface area (Å²) in [6, 6.07) is 0. The molecule has 13 heavy (non-hydrogen) atoms. The van der Waals surface area contributed by atoms with E-state index in [1.165, 1.54) is 0 Å². The third kappa shape index (κ3) is 4.12. The highest BCUT2D eigenvalue weighted by Gasteiger charge is 2.35. The molecule has 0 spiro atoms. The standard InChI is InChI=1S/C10H23N.C2H6/c1-8-11(7)10(5,6)9(2,3)4;1-2/h8H2,1-7H3;1-2H3. The van der Waals surface area contributed by atoms with E-state index in [0.29, 0.717) is 5.41 Å². The summed E-state index contributed by atoms with van der Waals surface area (Å²) in [5.74, 6) is 0. The van der Waals surface area contributed by atoms with Gasteiger partial charge in [0.2, 0.25) is 0 Å². The van der Waals surface area contributed by atoms with Gasteiger partial charge in [0.1, 0.15) is 0 Å². The molecule has 0 N–H and O–H groups in total. The van der Waals surface area contributed by atoms with Crippen molar-refractivity contribution in [2.24, 2.45) is 5.41 Å². The summed E-state index contributed by atoms with van der Waals surface area (Å²) < 4.78 is 0. The molecule has 0 aromatic carbocycles. The van der Waals surface area contributed by atoms with Gasteiger partial charge in [0.05, 0.1) is 0 Å². The average molecular weight is 187 g/mol. The molecule has 1 heteroatoms. The lowest BCUT2D eigenvalue weighted by atomic mass is 9.75. The Labute approximate surface area is 85.5 Å². The first-order valence-corrected chi connectivity index (χ1v) is 5.44. The second-order valence-electron chi connectivity index (χ2n) is 4.82. The van der Waals surface area contributed by atoms with E-state index in [2.05, 4.69) is 53.5 Å². The van der Waals surface area contributed by atoms with E-state index in [-0.39, 0.29) is 5.54 Å². The van der Waals surface area contributed by atoms with Crippen LogP contribution in [0, 0.1) is 5.41 Å². The molecule has 0 saturated carbocycles. The molecule has 0 rings (SSSR count). The van der Waals surface area contributed by atoms with Gasteiger partial charge in [0.15, 0.2) is 0 Å². The van der Waals surface area contributed by atoms with Crippen LogP contribution < -0.4 is 0 Å². The van der Waals surface area contributed by atoms with Crippen molar-refractivity contribution < 1.29 is 0 Å². The lowest BCUT2D eigenvalue weighted by Gasteiger charge is -2.45. The summed E-state index contributed by atoms with van der Waals surface area (Å²) in [5, 5.41) is 0. The molecule has 0 saturated heterocycles. The largest absolute Gasteiger partial charge is 0.301 e. The fourth-order valence-electron chi connectivity index (χ4n) is 0.968. The van der Waals surface area contributed by atoms with Crippen molar-refractivity contribution in [2.75, 3.05) is 13.6 Å². The van der Waals surface area contributed by atoms with Gasteiger partial charge in [0.25, 0.3) is 0 Å². The molecule has 0 heterocycles. The molecule has 1 nitrogen and oxygen atoms in total. The van der Waals surface area contributed by atoms with Gasteiger partial charge in [-0.05, 0) is 32.9 Å². The Bertz CT molecular complexity index is 120. The van der Waals surface area contributed by atoms with Gasteiger partial charge in [-0.15, -0.1) is 0 Å². The predicted octanol–water partition coefficient (Wildman–Crippen LogP) is 3.79. The second-order valence-corrected chi connectivity index (χ2v) is 4.82. The molecule has 82 valence electrons. The van der Waals surface area contributed by atoms with Crippen LogP contribution in [0.3, 0.4) is 0 Å². The summed E-state index contributed by atoms with van der Waals surface area (Å²) in [6.07, 6.45) is 0. The first-order chi connectivity index (χ1) is 5.73. The summed E-state index contributed by atoms with van der Waals surface area (Å²) in [4.78, 5) is 2.40. The van der Waals surface area contributed by atoms with Crippen LogP contribution in [0.15, 0.2) is 0 Å². The van der Waals surface area contributed by atoms with Crippen LogP contribution in [0.25, 0.3) is 0 Å². The molecule has 0 bridgehead atoms. The lowest BCUT2D eigenvalue weighted by molar-refractivity contribution is 0.0479. The molecule has 0 amide bonds. The molecular formula is C12H29N. The highest BCUT2D eigenvalue weighted by molar-refractivity contribution is 4.90. The van der Waals surface area contributed by atoms with Crippen molar-refractivity contribution in [1.29, 1.82) is 0 Å². The van der Waals surface area contributed by atoms with Crippen molar-refractivity contribution in [3.63, 3.8) is 0 Å². The highest BCUT2D eigenvalue weighted by atomic mass is 15.2. The highest BCUT2D eigenvalue weighted by Crippen LogP contribution is 2.33. The SMILES string of the molecule is CC.CCN(C)C(C)(C)C(C)(C)C. The maximum Gasteiger partial charge on any atom is 0.0198 e. The van der Waals surface area contributed by atoms with Crippen molar-refractivity contribution in [2.45, 2.75) is 60.9 Å². The van der Waals surface area contributed by atoms with E-state index in [0.717, 1.165) is 6.54 Å². The quantitative estimate of drug-likeness (QED) is 0.636. The summed E-state index contributed by atoms with van der Waals surface area (Å²) in [7, 11) is 2.19. The van der Waals surface area contributed by atoms with Gasteiger partial charge in [-0.3, -0.25) is 0 Å². The molecule has 0 aromatic rings. The minimum Gasteiger partial charge on any atom is -0.301 e. The Hall–Kier alpha value is -0.0400. The topological polar surface area (TPSA) is 3.24 Å². The molecule has 0 unspecified atom stereocenters. The molecule has 0 radical (unpaired) electrons. The maximum atomic E-state index is 2.40. The summed E-state index contributed by atoms with van der Waals surface area (Å²) >= 11 is 0. The Balaban J connectivity index is 0. The zero-order chi connectivity index (χ0) is 11.3. The number of nitrogens with zero attached hydrogens (tertiary/aromatic N) is 1. The third-order valence-electron chi connectivity index (χ3n) is 3.26. The van der Waals surface area contributed by atoms with E-state index >= 15 is 0 Å². The monoisotopic (exact) mass is 187 g/mol. The molecular weight excluding hydrogens is 158 g/mol. The van der Waals surface area contributed by atoms with Crippen LogP contribution in [-0.4, -0.2) is 24.0 Å². The average Bonchev–Trinajstić information content (AvgIpc) is 2.04. The fraction of sp³-hybridized carbons (Fsp3) is 1.00. The van der Waals surface area contributed by atoms with E-state index in [9.17, 15) is 0 Å². The number of hydrogen-bond donors (Lipinski definition) is 0. The second kappa shape index (κ2) is 5.64. The molecule has 0 aromatic heterocycles. The van der Waals surface area contributed by atoms with Crippen molar-refractivity contribution >= 4 is 0 Å². The van der Waals surface area contributed by atoms with Gasteiger partial charge in [-0.1, -0.05) is 41.5 Å². The molecule has 0 atom stereocenters. The van der Waals surface area contributed by atoms with Gasteiger partial charge >= 0.3 is 0 Å². The van der Waals surface area contributed by atoms with Crippen LogP contribution in [0.4, 0.5) is 0 Å². The normalized spacial score (nSPS) is 12.5. The van der Waals surface area contributed by atoms with Crippen molar-refractivity contribution in [1.82, 2.24) is 4.90 Å². The zero-order valence-electron chi connectivity index (χ0n) is 11.2. The zero-order valence-corrected chi connectivity index (χ0v) is 11.2. The minimum atomic E-state index is 0.280. The molecule has 0 fully saturated rings. The number of rotatable bonds is 2. The first kappa shape index (κ1) is 15.4. The van der Waals surface area contributed by atoms with Crippen molar-refractivity contribution in [3.8, 4) is 0 Å². The van der Waals surface area contributed by atoms with Crippen LogP contribution in [0.5, 0.6) is 0 Å². The molecule has 0 aliphatic rings. The predicted molar refractivity (Wildman–Crippen MR) is 63.2 cm³/mol. The van der Waals surface area contributed by atoms with Crippen LogP contribution in [0.1, 0.15) is 55.4 Å². The Morgan fingerprint density at radius 3 is 1.31 bits per heavy atom. The summed E-state index contributed by atoms with van der Waals surface area (Å²) in [6.45, 7) is 18.8. The third-order valence-corrected chi connectivity index (χ3v) is 3.26. The Morgan fingerprint density at radius 2 is 1.23 bits per heavy atom.